The number of hydrogen-bond acceptors (Lipinski definition) is 9. The molecule has 1 saturated heterocycles. The van der Waals surface area contributed by atoms with Gasteiger partial charge in [0, 0.05) is 50.4 Å². The van der Waals surface area contributed by atoms with Gasteiger partial charge in [-0.05, 0) is 91.3 Å². The molecule has 1 amide bonds. The second-order valence-electron chi connectivity index (χ2n) is 13.5. The molecule has 0 unspecified atom stereocenters. The van der Waals surface area contributed by atoms with E-state index in [-0.39, 0.29) is 23.9 Å². The Bertz CT molecular complexity index is 1520. The molecule has 0 aromatic heterocycles. The number of rotatable bonds is 5. The van der Waals surface area contributed by atoms with Crippen molar-refractivity contribution in [3.8, 4) is 5.75 Å². The Morgan fingerprint density at radius 3 is 2.65 bits per heavy atom. The van der Waals surface area contributed by atoms with Crippen LogP contribution in [0, 0.1) is 17.8 Å². The van der Waals surface area contributed by atoms with Gasteiger partial charge >= 0.3 is 0 Å². The number of halogens is 1. The first kappa shape index (κ1) is 35.4. The number of aryl methyl sites for hydroxylation is 1. The van der Waals surface area contributed by atoms with E-state index >= 15 is 0 Å². The highest BCUT2D eigenvalue weighted by Crippen LogP contribution is 2.42. The molecule has 6 rings (SSSR count). The second-order valence-corrected chi connectivity index (χ2v) is 15.1. The third-order valence-corrected chi connectivity index (χ3v) is 11.7. The van der Waals surface area contributed by atoms with Crippen LogP contribution in [0.25, 0.3) is 0 Å². The van der Waals surface area contributed by atoms with Crippen molar-refractivity contribution in [2.24, 2.45) is 22.1 Å². The van der Waals surface area contributed by atoms with E-state index in [1.165, 1.54) is 11.1 Å². The third kappa shape index (κ3) is 9.00. The largest absolute Gasteiger partial charge is 0.491 e. The zero-order valence-corrected chi connectivity index (χ0v) is 29.8. The molecule has 1 aliphatic carbocycles. The molecule has 3 heterocycles. The number of carbonyl (C=O) groups is 1. The van der Waals surface area contributed by atoms with Gasteiger partial charge in [-0.1, -0.05) is 42.5 Å². The fourth-order valence-electron chi connectivity index (χ4n) is 7.26. The lowest BCUT2D eigenvalue weighted by Crippen LogP contribution is -2.43. The summed E-state index contributed by atoms with van der Waals surface area (Å²) in [7, 11) is 0.0538. The highest BCUT2D eigenvalue weighted by molar-refractivity contribution is 7.75. The van der Waals surface area contributed by atoms with Gasteiger partial charge in [-0.3, -0.25) is 9.69 Å². The average Bonchev–Trinajstić information content (AvgIpc) is 3.10. The third-order valence-electron chi connectivity index (χ3n) is 10.3. The Balaban J connectivity index is 1.33. The Morgan fingerprint density at radius 2 is 1.85 bits per heavy atom. The maximum atomic E-state index is 13.5. The summed E-state index contributed by atoms with van der Waals surface area (Å²) in [5.74, 6) is 1.03. The van der Waals surface area contributed by atoms with Crippen molar-refractivity contribution in [2.75, 3.05) is 70.4 Å². The Hall–Kier alpha value is -2.47. The van der Waals surface area contributed by atoms with E-state index in [4.69, 9.17) is 30.5 Å². The number of hydrogen-bond donors (Lipinski definition) is 0. The van der Waals surface area contributed by atoms with Gasteiger partial charge in [0.05, 0.1) is 44.3 Å². The summed E-state index contributed by atoms with van der Waals surface area (Å²) in [6.45, 7) is 8.62. The highest BCUT2D eigenvalue weighted by Gasteiger charge is 2.38. The van der Waals surface area contributed by atoms with Crippen molar-refractivity contribution >= 4 is 33.8 Å². The van der Waals surface area contributed by atoms with Crippen LogP contribution in [0.5, 0.6) is 5.75 Å². The summed E-state index contributed by atoms with van der Waals surface area (Å²) in [5, 5.41) is 0.738. The van der Waals surface area contributed by atoms with Crippen LogP contribution in [0.4, 0.5) is 5.69 Å². The highest BCUT2D eigenvalue weighted by atomic mass is 35.5. The van der Waals surface area contributed by atoms with E-state index in [1.54, 1.807) is 13.2 Å². The van der Waals surface area contributed by atoms with Crippen LogP contribution in [0.2, 0.25) is 5.02 Å². The van der Waals surface area contributed by atoms with E-state index in [1.807, 2.05) is 25.1 Å². The number of amides is 1. The standard InChI is InChI=1S/C37H49ClN3O6S/c1-26-25-48(43)39-37(42)28-8-11-36-33(22-28)41(23-29-6-9-31(38)21-27(29)5-3-4-17-46-36)24-30-7-10-32(30)35(44-2)13-12-34(26)47-20-16-40-14-18-45-19-15-40/h6,8-9,11-13,21-22,26,30,32,34-35H,3-5,7,10,14-20,23-25H2,1-2H3/q-1/b13-12+/t26-,30+,32+,34+,35+/m1/s1. The van der Waals surface area contributed by atoms with Crippen LogP contribution in [0.15, 0.2) is 52.9 Å². The van der Waals surface area contributed by atoms with E-state index in [0.29, 0.717) is 37.2 Å². The molecule has 3 aliphatic heterocycles. The Kier molecular flexibility index (Phi) is 12.5. The zero-order chi connectivity index (χ0) is 33.5. The quantitative estimate of drug-likeness (QED) is 0.265. The summed E-state index contributed by atoms with van der Waals surface area (Å²) >= 11 is 6.46. The predicted molar refractivity (Wildman–Crippen MR) is 189 cm³/mol. The molecular weight excluding hydrogens is 650 g/mol. The number of fused-ring (bicyclic) bond motifs is 3. The summed E-state index contributed by atoms with van der Waals surface area (Å²) in [5.41, 5.74) is 3.72. The molecule has 1 saturated carbocycles. The van der Waals surface area contributed by atoms with Crippen LogP contribution in [0.1, 0.15) is 54.1 Å². The van der Waals surface area contributed by atoms with Gasteiger partial charge in [-0.2, -0.15) is 10.6 Å². The summed E-state index contributed by atoms with van der Waals surface area (Å²) in [6.07, 6.45) is 8.83. The molecule has 2 bridgehead atoms. The fourth-order valence-corrected chi connectivity index (χ4v) is 8.46. The molecule has 2 aromatic rings. The van der Waals surface area contributed by atoms with Crippen molar-refractivity contribution in [3.63, 3.8) is 0 Å². The Labute approximate surface area is 292 Å². The molecule has 2 fully saturated rings. The van der Waals surface area contributed by atoms with Crippen LogP contribution >= 0.6 is 11.6 Å². The fraction of sp³-hybridized carbons (Fsp3) is 0.595. The number of anilines is 1. The predicted octanol–water partition coefficient (Wildman–Crippen LogP) is 6.31. The van der Waals surface area contributed by atoms with Gasteiger partial charge in [-0.25, -0.2) is 0 Å². The second kappa shape index (κ2) is 17.0. The molecule has 5 atom stereocenters. The molecule has 4 aliphatic rings. The van der Waals surface area contributed by atoms with Gasteiger partial charge in [0.1, 0.15) is 5.75 Å². The number of carbonyl (C=O) groups excluding carboxylic acids is 1. The first-order chi connectivity index (χ1) is 23.4. The Morgan fingerprint density at radius 1 is 1.02 bits per heavy atom. The van der Waals surface area contributed by atoms with Crippen LogP contribution in [-0.2, 0) is 42.0 Å². The van der Waals surface area contributed by atoms with Crippen molar-refractivity contribution in [2.45, 2.75) is 57.8 Å². The number of nitrogens with zero attached hydrogens (tertiary/aromatic N) is 3. The number of morpholine rings is 1. The van der Waals surface area contributed by atoms with Crippen LogP contribution in [-0.4, -0.2) is 88.5 Å². The van der Waals surface area contributed by atoms with Gasteiger partial charge < -0.3 is 32.4 Å². The maximum absolute atomic E-state index is 13.5. The van der Waals surface area contributed by atoms with Crippen molar-refractivity contribution in [1.82, 2.24) is 4.90 Å². The van der Waals surface area contributed by atoms with Crippen LogP contribution in [0.3, 0.4) is 0 Å². The molecule has 0 spiro atoms. The molecule has 48 heavy (non-hydrogen) atoms. The summed E-state index contributed by atoms with van der Waals surface area (Å²) < 4.78 is 41.9. The number of benzene rings is 2. The van der Waals surface area contributed by atoms with E-state index < -0.39 is 16.5 Å². The molecule has 0 N–H and O–H groups in total. The van der Waals surface area contributed by atoms with Gasteiger partial charge in [-0.15, -0.1) is 0 Å². The lowest BCUT2D eigenvalue weighted by atomic mass is 9.70. The van der Waals surface area contributed by atoms with Crippen molar-refractivity contribution in [3.05, 3.63) is 70.3 Å². The number of ether oxygens (including phenoxy) is 4. The zero-order valence-electron chi connectivity index (χ0n) is 28.2. The SMILES string of the molecule is CO[C@H]1/C=C/[C@H](OCCN2CCOCC2)[C@H](C)C[S-](=O)=NC(=O)c2ccc3c(c2)N(Cc2ccc(Cl)cc2CCCCO3)C[C@@H]2CC[C@@H]21. The molecule has 2 aromatic carbocycles. The average molecular weight is 699 g/mol. The van der Waals surface area contributed by atoms with Gasteiger partial charge in [0.2, 0.25) is 0 Å². The minimum Gasteiger partial charge on any atom is -0.491 e. The minimum absolute atomic E-state index is 0.0805. The minimum atomic E-state index is -1.73. The van der Waals surface area contributed by atoms with Gasteiger partial charge in [0.25, 0.3) is 5.91 Å². The van der Waals surface area contributed by atoms with Crippen LogP contribution < -0.4 is 9.64 Å². The molecule has 11 heteroatoms. The van der Waals surface area contributed by atoms with Crippen molar-refractivity contribution < 1.29 is 28.0 Å². The molecule has 262 valence electrons. The summed E-state index contributed by atoms with van der Waals surface area (Å²) in [4.78, 5) is 18.2. The first-order valence-corrected chi connectivity index (χ1v) is 19.1. The molecular formula is C37H49ClN3O6S-. The van der Waals surface area contributed by atoms with Crippen molar-refractivity contribution in [1.29, 1.82) is 0 Å². The van der Waals surface area contributed by atoms with E-state index in [9.17, 15) is 9.00 Å². The summed E-state index contributed by atoms with van der Waals surface area (Å²) in [6, 6.07) is 11.7. The number of methoxy groups -OCH3 is 1. The maximum Gasteiger partial charge on any atom is 0.254 e. The molecule has 0 radical (unpaired) electrons. The smallest absolute Gasteiger partial charge is 0.254 e. The lowest BCUT2D eigenvalue weighted by Gasteiger charge is -2.43. The first-order valence-electron chi connectivity index (χ1n) is 17.4. The van der Waals surface area contributed by atoms with E-state index in [0.717, 1.165) is 88.0 Å². The monoisotopic (exact) mass is 698 g/mol. The molecule has 9 nitrogen and oxygen atoms in total. The topological polar surface area (TPSA) is 89.9 Å². The van der Waals surface area contributed by atoms with E-state index in [2.05, 4.69) is 38.4 Å². The lowest BCUT2D eigenvalue weighted by molar-refractivity contribution is -0.00000698. The van der Waals surface area contributed by atoms with Gasteiger partial charge in [0.15, 0.2) is 0 Å². The normalized spacial score (nSPS) is 28.5.